The monoisotopic (exact) mass is 152 g/mol. The maximum atomic E-state index is 9.21. The summed E-state index contributed by atoms with van der Waals surface area (Å²) in [5.41, 5.74) is 7.06. The summed E-state index contributed by atoms with van der Waals surface area (Å²) in [5.74, 6) is 0.493. The summed E-state index contributed by atoms with van der Waals surface area (Å²) in [6, 6.07) is 3.48. The van der Waals surface area contributed by atoms with Gasteiger partial charge in [-0.3, -0.25) is 0 Å². The summed E-state index contributed by atoms with van der Waals surface area (Å²) in [7, 11) is 0. The molecular weight excluding hydrogens is 140 g/mol. The van der Waals surface area contributed by atoms with Gasteiger partial charge >= 0.3 is 0 Å². The van der Waals surface area contributed by atoms with Crippen LogP contribution in [0.5, 0.6) is 0 Å². The Morgan fingerprint density at radius 1 is 1.55 bits per heavy atom. The smallest absolute Gasteiger partial charge is 0.123 e. The van der Waals surface area contributed by atoms with Gasteiger partial charge in [-0.25, -0.2) is 4.98 Å². The Morgan fingerprint density at radius 2 is 2.18 bits per heavy atom. The van der Waals surface area contributed by atoms with Crippen molar-refractivity contribution in [2.45, 2.75) is 20.0 Å². The van der Waals surface area contributed by atoms with Crippen molar-refractivity contribution in [1.29, 1.82) is 0 Å². The summed E-state index contributed by atoms with van der Waals surface area (Å²) in [4.78, 5) is 4.01. The molecule has 0 fully saturated rings. The third kappa shape index (κ3) is 1.68. The Labute approximate surface area is 65.9 Å². The molecule has 3 heteroatoms. The number of nitrogens with two attached hydrogens (primary N) is 1. The molecule has 0 saturated heterocycles. The molecular formula is C8H12N2O. The number of pyridine rings is 1. The predicted octanol–water partition coefficient (Wildman–Crippen LogP) is 1.03. The largest absolute Gasteiger partial charge is 0.389 e. The SMILES string of the molecule is Cc1nc(N)ccc1C(C)O. The summed E-state index contributed by atoms with van der Waals surface area (Å²) in [6.07, 6.45) is -0.469. The number of aromatic nitrogens is 1. The minimum atomic E-state index is -0.469. The number of anilines is 1. The lowest BCUT2D eigenvalue weighted by Gasteiger charge is -2.07. The molecule has 0 aliphatic carbocycles. The van der Waals surface area contributed by atoms with Crippen LogP contribution >= 0.6 is 0 Å². The van der Waals surface area contributed by atoms with Gasteiger partial charge in [0.1, 0.15) is 5.82 Å². The van der Waals surface area contributed by atoms with Gasteiger partial charge in [0.2, 0.25) is 0 Å². The molecule has 0 spiro atoms. The molecule has 0 aromatic carbocycles. The molecule has 0 aliphatic rings. The number of hydrogen-bond acceptors (Lipinski definition) is 3. The number of aryl methyl sites for hydroxylation is 1. The second kappa shape index (κ2) is 2.88. The molecule has 1 heterocycles. The topological polar surface area (TPSA) is 59.1 Å². The zero-order valence-corrected chi connectivity index (χ0v) is 6.70. The fourth-order valence-electron chi connectivity index (χ4n) is 1.03. The first-order chi connectivity index (χ1) is 5.11. The number of aliphatic hydroxyl groups is 1. The molecule has 1 aromatic heterocycles. The van der Waals surface area contributed by atoms with E-state index in [0.717, 1.165) is 11.3 Å². The third-order valence-corrected chi connectivity index (χ3v) is 1.60. The fraction of sp³-hybridized carbons (Fsp3) is 0.375. The van der Waals surface area contributed by atoms with Crippen molar-refractivity contribution < 1.29 is 5.11 Å². The molecule has 3 nitrogen and oxygen atoms in total. The van der Waals surface area contributed by atoms with E-state index >= 15 is 0 Å². The van der Waals surface area contributed by atoms with Crippen LogP contribution in [0.3, 0.4) is 0 Å². The summed E-state index contributed by atoms with van der Waals surface area (Å²) in [5, 5.41) is 9.21. The highest BCUT2D eigenvalue weighted by molar-refractivity contribution is 5.34. The number of nitrogens with zero attached hydrogens (tertiary/aromatic N) is 1. The minimum absolute atomic E-state index is 0.469. The van der Waals surface area contributed by atoms with Gasteiger partial charge in [-0.2, -0.15) is 0 Å². The van der Waals surface area contributed by atoms with Crippen molar-refractivity contribution in [2.24, 2.45) is 0 Å². The van der Waals surface area contributed by atoms with Crippen molar-refractivity contribution in [3.05, 3.63) is 23.4 Å². The second-order valence-corrected chi connectivity index (χ2v) is 2.59. The van der Waals surface area contributed by atoms with Crippen LogP contribution < -0.4 is 5.73 Å². The standard InChI is InChI=1S/C8H12N2O/c1-5-7(6(2)11)3-4-8(9)10-5/h3-4,6,11H,1-2H3,(H2,9,10). The number of hydrogen-bond donors (Lipinski definition) is 2. The van der Waals surface area contributed by atoms with Gasteiger partial charge in [-0.15, -0.1) is 0 Å². The summed E-state index contributed by atoms with van der Waals surface area (Å²) in [6.45, 7) is 3.54. The van der Waals surface area contributed by atoms with E-state index in [4.69, 9.17) is 5.73 Å². The van der Waals surface area contributed by atoms with Gasteiger partial charge in [0, 0.05) is 11.3 Å². The molecule has 0 amide bonds. The highest BCUT2D eigenvalue weighted by Crippen LogP contribution is 2.15. The number of nitrogen functional groups attached to an aromatic ring is 1. The van der Waals surface area contributed by atoms with Crippen molar-refractivity contribution >= 4 is 5.82 Å². The van der Waals surface area contributed by atoms with Crippen LogP contribution in [0.4, 0.5) is 5.82 Å². The average Bonchev–Trinajstić information content (AvgIpc) is 1.85. The average molecular weight is 152 g/mol. The lowest BCUT2D eigenvalue weighted by atomic mass is 10.1. The van der Waals surface area contributed by atoms with Crippen molar-refractivity contribution in [2.75, 3.05) is 5.73 Å². The fourth-order valence-corrected chi connectivity index (χ4v) is 1.03. The first kappa shape index (κ1) is 8.01. The third-order valence-electron chi connectivity index (χ3n) is 1.60. The van der Waals surface area contributed by atoms with E-state index in [-0.39, 0.29) is 0 Å². The number of rotatable bonds is 1. The van der Waals surface area contributed by atoms with E-state index < -0.39 is 6.10 Å². The number of aliphatic hydroxyl groups excluding tert-OH is 1. The van der Waals surface area contributed by atoms with E-state index in [1.165, 1.54) is 0 Å². The van der Waals surface area contributed by atoms with Crippen LogP contribution in [0.2, 0.25) is 0 Å². The molecule has 1 rings (SSSR count). The summed E-state index contributed by atoms with van der Waals surface area (Å²) < 4.78 is 0. The predicted molar refractivity (Wildman–Crippen MR) is 44.0 cm³/mol. The molecule has 0 bridgehead atoms. The second-order valence-electron chi connectivity index (χ2n) is 2.59. The quantitative estimate of drug-likeness (QED) is 0.631. The van der Waals surface area contributed by atoms with Crippen molar-refractivity contribution in [3.8, 4) is 0 Å². The molecule has 0 radical (unpaired) electrons. The Balaban J connectivity index is 3.09. The summed E-state index contributed by atoms with van der Waals surface area (Å²) >= 11 is 0. The van der Waals surface area contributed by atoms with Crippen LogP contribution in [-0.2, 0) is 0 Å². The van der Waals surface area contributed by atoms with Crippen LogP contribution in [0.1, 0.15) is 24.3 Å². The Kier molecular flexibility index (Phi) is 2.10. The first-order valence-corrected chi connectivity index (χ1v) is 3.52. The molecule has 0 aliphatic heterocycles. The van der Waals surface area contributed by atoms with Crippen molar-refractivity contribution in [3.63, 3.8) is 0 Å². The maximum Gasteiger partial charge on any atom is 0.123 e. The lowest BCUT2D eigenvalue weighted by molar-refractivity contribution is 0.198. The van der Waals surface area contributed by atoms with Gasteiger partial charge in [0.05, 0.1) is 6.10 Å². The zero-order chi connectivity index (χ0) is 8.43. The molecule has 3 N–H and O–H groups in total. The lowest BCUT2D eigenvalue weighted by Crippen LogP contribution is -1.99. The highest BCUT2D eigenvalue weighted by Gasteiger charge is 2.04. The van der Waals surface area contributed by atoms with Crippen LogP contribution in [0, 0.1) is 6.92 Å². The Morgan fingerprint density at radius 3 is 2.64 bits per heavy atom. The van der Waals surface area contributed by atoms with E-state index in [1.54, 1.807) is 19.1 Å². The molecule has 1 atom stereocenters. The van der Waals surface area contributed by atoms with Gasteiger partial charge in [0.15, 0.2) is 0 Å². The van der Waals surface area contributed by atoms with E-state index in [0.29, 0.717) is 5.82 Å². The van der Waals surface area contributed by atoms with E-state index in [1.807, 2.05) is 6.92 Å². The zero-order valence-electron chi connectivity index (χ0n) is 6.70. The molecule has 1 aromatic rings. The van der Waals surface area contributed by atoms with Gasteiger partial charge < -0.3 is 10.8 Å². The minimum Gasteiger partial charge on any atom is -0.389 e. The Bertz CT molecular complexity index is 258. The molecule has 1 unspecified atom stereocenters. The van der Waals surface area contributed by atoms with Crippen LogP contribution in [-0.4, -0.2) is 10.1 Å². The van der Waals surface area contributed by atoms with Gasteiger partial charge in [-0.1, -0.05) is 6.07 Å². The maximum absolute atomic E-state index is 9.21. The van der Waals surface area contributed by atoms with E-state index in [9.17, 15) is 5.11 Å². The molecule has 0 saturated carbocycles. The molecule has 11 heavy (non-hydrogen) atoms. The van der Waals surface area contributed by atoms with Crippen LogP contribution in [0.25, 0.3) is 0 Å². The van der Waals surface area contributed by atoms with E-state index in [2.05, 4.69) is 4.98 Å². The van der Waals surface area contributed by atoms with Crippen molar-refractivity contribution in [1.82, 2.24) is 4.98 Å². The first-order valence-electron chi connectivity index (χ1n) is 3.52. The van der Waals surface area contributed by atoms with Gasteiger partial charge in [0.25, 0.3) is 0 Å². The van der Waals surface area contributed by atoms with Crippen LogP contribution in [0.15, 0.2) is 12.1 Å². The normalized spacial score (nSPS) is 13.0. The van der Waals surface area contributed by atoms with Gasteiger partial charge in [-0.05, 0) is 19.9 Å². The Hall–Kier alpha value is -1.09. The molecule has 60 valence electrons. The highest BCUT2D eigenvalue weighted by atomic mass is 16.3.